The van der Waals surface area contributed by atoms with E-state index in [9.17, 15) is 0 Å². The molecular weight excluding hydrogens is 318 g/mol. The van der Waals surface area contributed by atoms with Crippen LogP contribution < -0.4 is 5.43 Å². The topological polar surface area (TPSA) is 37.3 Å². The molecule has 4 rings (SSSR count). The molecule has 0 atom stereocenters. The van der Waals surface area contributed by atoms with E-state index in [1.165, 1.54) is 0 Å². The Hall–Kier alpha value is -2.91. The molecule has 4 aromatic rings. The van der Waals surface area contributed by atoms with Crippen LogP contribution in [0.3, 0.4) is 0 Å². The number of hydrogen-bond donors (Lipinski definition) is 1. The molecule has 1 heterocycles. The molecule has 3 aromatic carbocycles. The van der Waals surface area contributed by atoms with E-state index in [1.807, 2.05) is 72.8 Å². The highest BCUT2D eigenvalue weighted by Crippen LogP contribution is 2.30. The van der Waals surface area contributed by atoms with E-state index in [-0.39, 0.29) is 0 Å². The molecule has 0 aliphatic carbocycles. The first kappa shape index (κ1) is 14.7. The summed E-state index contributed by atoms with van der Waals surface area (Å²) in [6.45, 7) is 0. The van der Waals surface area contributed by atoms with Gasteiger partial charge < -0.3 is 0 Å². The lowest BCUT2D eigenvalue weighted by atomic mass is 10.1. The van der Waals surface area contributed by atoms with Crippen LogP contribution >= 0.6 is 11.6 Å². The van der Waals surface area contributed by atoms with E-state index >= 15 is 0 Å². The first-order chi connectivity index (χ1) is 11.8. The van der Waals surface area contributed by atoms with Gasteiger partial charge in [0, 0.05) is 21.4 Å². The van der Waals surface area contributed by atoms with Crippen molar-refractivity contribution in [2.75, 3.05) is 5.43 Å². The van der Waals surface area contributed by atoms with E-state index in [0.29, 0.717) is 5.02 Å². The zero-order valence-electron chi connectivity index (χ0n) is 12.8. The van der Waals surface area contributed by atoms with Gasteiger partial charge in [0.15, 0.2) is 0 Å². The molecule has 24 heavy (non-hydrogen) atoms. The third-order valence-corrected chi connectivity index (χ3v) is 4.22. The summed E-state index contributed by atoms with van der Waals surface area (Å²) in [4.78, 5) is 4.71. The molecule has 0 saturated carbocycles. The number of para-hydroxylation sites is 2. The van der Waals surface area contributed by atoms with Gasteiger partial charge in [-0.3, -0.25) is 5.43 Å². The Bertz CT molecular complexity index is 1000. The average Bonchev–Trinajstić information content (AvgIpc) is 2.62. The fourth-order valence-electron chi connectivity index (χ4n) is 2.71. The van der Waals surface area contributed by atoms with Crippen LogP contribution in [0.4, 0.5) is 5.69 Å². The number of nitrogens with zero attached hydrogens (tertiary/aromatic N) is 2. The highest BCUT2D eigenvalue weighted by atomic mass is 35.5. The van der Waals surface area contributed by atoms with Gasteiger partial charge in [0.2, 0.25) is 0 Å². The van der Waals surface area contributed by atoms with Crippen LogP contribution in [0.2, 0.25) is 5.02 Å². The second-order valence-corrected chi connectivity index (χ2v) is 5.82. The van der Waals surface area contributed by atoms with E-state index in [2.05, 4.69) is 10.5 Å². The Kier molecular flexibility index (Phi) is 3.85. The summed E-state index contributed by atoms with van der Waals surface area (Å²) in [5.74, 6) is 0. The number of nitrogens with one attached hydrogen (secondary N) is 1. The highest BCUT2D eigenvalue weighted by molar-refractivity contribution is 6.33. The smallest absolute Gasteiger partial charge is 0.0749 e. The van der Waals surface area contributed by atoms with Crippen molar-refractivity contribution >= 4 is 45.3 Å². The van der Waals surface area contributed by atoms with Crippen molar-refractivity contribution in [3.05, 3.63) is 83.4 Å². The van der Waals surface area contributed by atoms with Crippen LogP contribution in [0.1, 0.15) is 5.56 Å². The largest absolute Gasteiger partial charge is 0.277 e. The highest BCUT2D eigenvalue weighted by Gasteiger charge is 2.07. The van der Waals surface area contributed by atoms with E-state index in [4.69, 9.17) is 16.6 Å². The van der Waals surface area contributed by atoms with Gasteiger partial charge in [0.25, 0.3) is 0 Å². The molecule has 0 spiro atoms. The molecule has 4 heteroatoms. The summed E-state index contributed by atoms with van der Waals surface area (Å²) >= 11 is 6.17. The van der Waals surface area contributed by atoms with E-state index < -0.39 is 0 Å². The summed E-state index contributed by atoms with van der Waals surface area (Å²) in [6.07, 6.45) is 1.73. The number of fused-ring (bicyclic) bond motifs is 2. The van der Waals surface area contributed by atoms with Gasteiger partial charge >= 0.3 is 0 Å². The number of anilines is 1. The maximum Gasteiger partial charge on any atom is 0.0749 e. The quantitative estimate of drug-likeness (QED) is 0.306. The number of halogens is 1. The average molecular weight is 332 g/mol. The van der Waals surface area contributed by atoms with E-state index in [1.54, 1.807) is 6.21 Å². The molecule has 0 radical (unpaired) electrons. The Labute approximate surface area is 144 Å². The normalized spacial score (nSPS) is 11.4. The van der Waals surface area contributed by atoms with Gasteiger partial charge in [0.1, 0.15) is 0 Å². The molecule has 3 nitrogen and oxygen atoms in total. The fourth-order valence-corrected chi connectivity index (χ4v) is 2.89. The van der Waals surface area contributed by atoms with Crippen molar-refractivity contribution < 1.29 is 0 Å². The number of hydrazone groups is 1. The van der Waals surface area contributed by atoms with Crippen LogP contribution in [-0.2, 0) is 0 Å². The third kappa shape index (κ3) is 2.70. The van der Waals surface area contributed by atoms with Gasteiger partial charge in [-0.2, -0.15) is 5.10 Å². The SMILES string of the molecule is Clc1ccccc1C=NNc1c2ccccc2nc2ccccc12. The summed E-state index contributed by atoms with van der Waals surface area (Å²) in [5.41, 5.74) is 6.86. The molecular formula is C20H14ClN3. The predicted molar refractivity (Wildman–Crippen MR) is 102 cm³/mol. The van der Waals surface area contributed by atoms with E-state index in [0.717, 1.165) is 33.1 Å². The van der Waals surface area contributed by atoms with Crippen LogP contribution in [0.25, 0.3) is 21.8 Å². The predicted octanol–water partition coefficient (Wildman–Crippen LogP) is 5.49. The van der Waals surface area contributed by atoms with Gasteiger partial charge in [-0.25, -0.2) is 4.98 Å². The first-order valence-electron chi connectivity index (χ1n) is 7.64. The van der Waals surface area contributed by atoms with Crippen molar-refractivity contribution in [1.29, 1.82) is 0 Å². The van der Waals surface area contributed by atoms with Gasteiger partial charge in [-0.1, -0.05) is 66.2 Å². The zero-order valence-corrected chi connectivity index (χ0v) is 13.5. The number of pyridine rings is 1. The summed E-state index contributed by atoms with van der Waals surface area (Å²) in [7, 11) is 0. The van der Waals surface area contributed by atoms with Gasteiger partial charge in [-0.05, 0) is 18.2 Å². The minimum absolute atomic E-state index is 0.674. The standard InChI is InChI=1S/C20H14ClN3/c21-17-10-4-1-7-14(17)13-22-24-20-15-8-2-5-11-18(15)23-19-12-6-3-9-16(19)20/h1-13H,(H,23,24). The molecule has 0 saturated heterocycles. The number of benzene rings is 3. The van der Waals surface area contributed by atoms with Gasteiger partial charge in [0.05, 0.1) is 22.9 Å². The maximum atomic E-state index is 6.17. The maximum absolute atomic E-state index is 6.17. The minimum Gasteiger partial charge on any atom is -0.277 e. The van der Waals surface area contributed by atoms with Crippen LogP contribution in [0.15, 0.2) is 77.9 Å². The lowest BCUT2D eigenvalue weighted by Gasteiger charge is -2.10. The van der Waals surface area contributed by atoms with Crippen LogP contribution in [0.5, 0.6) is 0 Å². The molecule has 116 valence electrons. The second-order valence-electron chi connectivity index (χ2n) is 5.41. The van der Waals surface area contributed by atoms with Crippen molar-refractivity contribution in [2.24, 2.45) is 5.10 Å². The number of rotatable bonds is 3. The molecule has 1 aromatic heterocycles. The molecule has 0 aliphatic rings. The molecule has 0 fully saturated rings. The Morgan fingerprint density at radius 2 is 1.38 bits per heavy atom. The van der Waals surface area contributed by atoms with Crippen molar-refractivity contribution in [2.45, 2.75) is 0 Å². The first-order valence-corrected chi connectivity index (χ1v) is 8.02. The minimum atomic E-state index is 0.674. The lowest BCUT2D eigenvalue weighted by molar-refractivity contribution is 1.36. The summed E-state index contributed by atoms with van der Waals surface area (Å²) < 4.78 is 0. The molecule has 1 N–H and O–H groups in total. The van der Waals surface area contributed by atoms with Crippen molar-refractivity contribution in [1.82, 2.24) is 4.98 Å². The van der Waals surface area contributed by atoms with Crippen LogP contribution in [-0.4, -0.2) is 11.2 Å². The lowest BCUT2D eigenvalue weighted by Crippen LogP contribution is -1.95. The van der Waals surface area contributed by atoms with Crippen LogP contribution in [0, 0.1) is 0 Å². The monoisotopic (exact) mass is 331 g/mol. The third-order valence-electron chi connectivity index (χ3n) is 3.87. The van der Waals surface area contributed by atoms with Crippen molar-refractivity contribution in [3.63, 3.8) is 0 Å². The number of aromatic nitrogens is 1. The molecule has 0 unspecified atom stereocenters. The Morgan fingerprint density at radius 3 is 2.04 bits per heavy atom. The van der Waals surface area contributed by atoms with Gasteiger partial charge in [-0.15, -0.1) is 0 Å². The van der Waals surface area contributed by atoms with Crippen molar-refractivity contribution in [3.8, 4) is 0 Å². The Balaban J connectivity index is 1.81. The molecule has 0 aliphatic heterocycles. The summed E-state index contributed by atoms with van der Waals surface area (Å²) in [6, 6.07) is 23.7. The number of hydrogen-bond acceptors (Lipinski definition) is 3. The molecule has 0 bridgehead atoms. The fraction of sp³-hybridized carbons (Fsp3) is 0. The summed E-state index contributed by atoms with van der Waals surface area (Å²) in [5, 5.41) is 7.13. The molecule has 0 amide bonds. The Morgan fingerprint density at radius 1 is 0.792 bits per heavy atom. The second kappa shape index (κ2) is 6.30. The zero-order chi connectivity index (χ0) is 16.4.